The van der Waals surface area contributed by atoms with E-state index >= 15 is 0 Å². The van der Waals surface area contributed by atoms with Crippen molar-refractivity contribution < 1.29 is 4.74 Å². The van der Waals surface area contributed by atoms with Crippen molar-refractivity contribution in [3.63, 3.8) is 0 Å². The lowest BCUT2D eigenvalue weighted by Crippen LogP contribution is -2.03. The number of rotatable bonds is 0. The van der Waals surface area contributed by atoms with Gasteiger partial charge in [0, 0.05) is 6.42 Å². The zero-order valence-electron chi connectivity index (χ0n) is 3.81. The molecule has 0 unspecified atom stereocenters. The van der Waals surface area contributed by atoms with E-state index in [0.717, 1.165) is 13.2 Å². The van der Waals surface area contributed by atoms with Crippen LogP contribution in [0.15, 0.2) is 0 Å². The van der Waals surface area contributed by atoms with Crippen molar-refractivity contribution in [1.82, 2.24) is 0 Å². The molecule has 1 fully saturated rings. The van der Waals surface area contributed by atoms with Gasteiger partial charge in [0.05, 0.1) is 13.0 Å². The molecule has 0 saturated carbocycles. The highest BCUT2D eigenvalue weighted by atomic mass is 16.5. The molecule has 0 aromatic heterocycles. The van der Waals surface area contributed by atoms with Crippen LogP contribution in [0.3, 0.4) is 0 Å². The molecular weight excluding hydrogens is 76.1 g/mol. The Balaban J connectivity index is 2.00. The van der Waals surface area contributed by atoms with E-state index in [2.05, 4.69) is 6.42 Å². The van der Waals surface area contributed by atoms with Gasteiger partial charge in [-0.25, -0.2) is 0 Å². The third kappa shape index (κ3) is 0.902. The van der Waals surface area contributed by atoms with Crippen LogP contribution in [0.4, 0.5) is 0 Å². The molecule has 0 amide bonds. The predicted octanol–water partition coefficient (Wildman–Crippen LogP) is 1.00. The molecule has 1 heterocycles. The van der Waals surface area contributed by atoms with Gasteiger partial charge in [-0.05, 0) is 0 Å². The zero-order valence-corrected chi connectivity index (χ0v) is 3.81. The molecule has 0 aromatic rings. The van der Waals surface area contributed by atoms with Crippen LogP contribution in [-0.2, 0) is 4.74 Å². The maximum Gasteiger partial charge on any atom is 0.187 e. The van der Waals surface area contributed by atoms with Crippen LogP contribution in [-0.4, -0.2) is 13.2 Å². The van der Waals surface area contributed by atoms with Crippen LogP contribution in [0, 0.1) is 6.42 Å². The summed E-state index contributed by atoms with van der Waals surface area (Å²) in [4.78, 5) is 0. The Labute approximate surface area is 38.3 Å². The van der Waals surface area contributed by atoms with Gasteiger partial charge in [0.25, 0.3) is 0 Å². The third-order valence-corrected chi connectivity index (χ3v) is 0.933. The second-order valence-electron chi connectivity index (χ2n) is 1.51. The van der Waals surface area contributed by atoms with Gasteiger partial charge in [-0.2, -0.15) is 0 Å². The molecule has 0 atom stereocenters. The summed E-state index contributed by atoms with van der Waals surface area (Å²) in [6, 6.07) is 0. The van der Waals surface area contributed by atoms with Gasteiger partial charge in [-0.15, -0.1) is 0 Å². The highest BCUT2D eigenvalue weighted by molar-refractivity contribution is 4.66. The molecule has 0 radical (unpaired) electrons. The van der Waals surface area contributed by atoms with Crippen LogP contribution < -0.4 is 0 Å². The monoisotopic (exact) mass is 85.1 g/mol. The average molecular weight is 85.1 g/mol. The lowest BCUT2D eigenvalue weighted by Gasteiger charge is -2.00. The fourth-order valence-electron chi connectivity index (χ4n) is 0.580. The minimum absolute atomic E-state index is 0.875. The molecule has 1 aliphatic rings. The van der Waals surface area contributed by atoms with Crippen molar-refractivity contribution in [2.75, 3.05) is 13.2 Å². The number of ether oxygens (including phenoxy) is 1. The fourth-order valence-corrected chi connectivity index (χ4v) is 0.580. The zero-order chi connectivity index (χ0) is 4.24. The Bertz CT molecular complexity index is 19.4. The van der Waals surface area contributed by atoms with Crippen LogP contribution in [0.5, 0.6) is 0 Å². The molecule has 1 heteroatoms. The first-order valence-electron chi connectivity index (χ1n) is 2.39. The number of hydrogen-bond acceptors (Lipinski definition) is 1. The Morgan fingerprint density at radius 1 is 1.50 bits per heavy atom. The molecule has 0 bridgehead atoms. The molecule has 0 spiro atoms. The summed E-state index contributed by atoms with van der Waals surface area (Å²) in [5, 5.41) is 0. The van der Waals surface area contributed by atoms with Crippen LogP contribution >= 0.6 is 0 Å². The molecule has 1 saturated heterocycles. The predicted molar refractivity (Wildman–Crippen MR) is 24.4 cm³/mol. The quantitative estimate of drug-likeness (QED) is 0.399. The lowest BCUT2D eigenvalue weighted by atomic mass is 10.2. The second kappa shape index (κ2) is 2.08. The summed E-state index contributed by atoms with van der Waals surface area (Å²) in [5.74, 6) is 0. The van der Waals surface area contributed by atoms with E-state index in [-0.39, 0.29) is 0 Å². The first-order valence-corrected chi connectivity index (χ1v) is 2.39. The third-order valence-electron chi connectivity index (χ3n) is 0.933. The van der Waals surface area contributed by atoms with Crippen molar-refractivity contribution >= 4 is 0 Å². The SMILES string of the molecule is [CH+]1CCCOC1. The molecular formula is C5H9O+. The smallest absolute Gasteiger partial charge is 0.187 e. The van der Waals surface area contributed by atoms with E-state index in [1.165, 1.54) is 12.8 Å². The summed E-state index contributed by atoms with van der Waals surface area (Å²) in [6.07, 6.45) is 4.64. The van der Waals surface area contributed by atoms with E-state index in [9.17, 15) is 0 Å². The van der Waals surface area contributed by atoms with Gasteiger partial charge >= 0.3 is 0 Å². The van der Waals surface area contributed by atoms with E-state index in [1.54, 1.807) is 0 Å². The maximum atomic E-state index is 5.01. The summed E-state index contributed by atoms with van der Waals surface area (Å²) >= 11 is 0. The van der Waals surface area contributed by atoms with Gasteiger partial charge in [0.15, 0.2) is 6.61 Å². The molecule has 0 N–H and O–H groups in total. The fraction of sp³-hybridized carbons (Fsp3) is 0.800. The Morgan fingerprint density at radius 2 is 2.50 bits per heavy atom. The largest absolute Gasteiger partial charge is 0.340 e. The van der Waals surface area contributed by atoms with Gasteiger partial charge in [-0.3, -0.25) is 0 Å². The normalized spacial score (nSPS) is 22.7. The molecule has 1 rings (SSSR count). The van der Waals surface area contributed by atoms with Gasteiger partial charge in [0.1, 0.15) is 6.42 Å². The first-order chi connectivity index (χ1) is 3.00. The lowest BCUT2D eigenvalue weighted by molar-refractivity contribution is 0.127. The van der Waals surface area contributed by atoms with Crippen LogP contribution in [0.1, 0.15) is 12.8 Å². The van der Waals surface area contributed by atoms with Crippen molar-refractivity contribution in [2.45, 2.75) is 12.8 Å². The standard InChI is InChI=1S/C5H9O/c1-2-4-6-5-3-1/h2H,1,3-5H2/q+1. The van der Waals surface area contributed by atoms with Crippen molar-refractivity contribution in [1.29, 1.82) is 0 Å². The number of hydrogen-bond donors (Lipinski definition) is 0. The molecule has 0 aromatic carbocycles. The van der Waals surface area contributed by atoms with E-state index in [0.29, 0.717) is 0 Å². The topological polar surface area (TPSA) is 9.23 Å². The van der Waals surface area contributed by atoms with Crippen LogP contribution in [0.2, 0.25) is 0 Å². The van der Waals surface area contributed by atoms with Gasteiger partial charge in [-0.1, -0.05) is 0 Å². The van der Waals surface area contributed by atoms with Gasteiger partial charge < -0.3 is 4.74 Å². The molecule has 1 aliphatic heterocycles. The van der Waals surface area contributed by atoms with E-state index in [4.69, 9.17) is 4.74 Å². The summed E-state index contributed by atoms with van der Waals surface area (Å²) in [5.41, 5.74) is 0. The van der Waals surface area contributed by atoms with E-state index < -0.39 is 0 Å². The molecule has 1 nitrogen and oxygen atoms in total. The summed E-state index contributed by atoms with van der Waals surface area (Å²) < 4.78 is 5.01. The Morgan fingerprint density at radius 3 is 2.67 bits per heavy atom. The van der Waals surface area contributed by atoms with E-state index in [1.807, 2.05) is 0 Å². The minimum atomic E-state index is 0.875. The van der Waals surface area contributed by atoms with Crippen molar-refractivity contribution in [3.05, 3.63) is 6.42 Å². The molecule has 0 aliphatic carbocycles. The summed E-state index contributed by atoms with van der Waals surface area (Å²) in [7, 11) is 0. The maximum absolute atomic E-state index is 5.01. The van der Waals surface area contributed by atoms with Gasteiger partial charge in [0.2, 0.25) is 0 Å². The second-order valence-corrected chi connectivity index (χ2v) is 1.51. The Hall–Kier alpha value is -0.170. The highest BCUT2D eigenvalue weighted by Crippen LogP contribution is 2.00. The minimum Gasteiger partial charge on any atom is -0.340 e. The van der Waals surface area contributed by atoms with Crippen molar-refractivity contribution in [2.24, 2.45) is 0 Å². The molecule has 6 heavy (non-hydrogen) atoms. The average Bonchev–Trinajstić information content (AvgIpc) is 1.72. The first kappa shape index (κ1) is 4.00. The van der Waals surface area contributed by atoms with Crippen LogP contribution in [0.25, 0.3) is 0 Å². The van der Waals surface area contributed by atoms with Crippen molar-refractivity contribution in [3.8, 4) is 0 Å². The molecule has 34 valence electrons. The highest BCUT2D eigenvalue weighted by Gasteiger charge is 2.03. The summed E-state index contributed by atoms with van der Waals surface area (Å²) in [6.45, 7) is 1.84. The Kier molecular flexibility index (Phi) is 1.39.